The molecule has 2 amide bonds. The number of hydrogen-bond donors (Lipinski definition) is 0. The highest BCUT2D eigenvalue weighted by atomic mass is 19.4. The molecule has 3 aromatic rings. The molecule has 168 valence electrons. The van der Waals surface area contributed by atoms with Gasteiger partial charge in [0.15, 0.2) is 6.10 Å². The Morgan fingerprint density at radius 1 is 0.758 bits per heavy atom. The van der Waals surface area contributed by atoms with Gasteiger partial charge in [0.1, 0.15) is 11.7 Å². The Morgan fingerprint density at radius 3 is 2.00 bits per heavy atom. The Hall–Kier alpha value is -3.72. The zero-order valence-corrected chi connectivity index (χ0v) is 16.9. The molecule has 2 aliphatic rings. The van der Waals surface area contributed by atoms with Crippen molar-refractivity contribution >= 4 is 23.2 Å². The summed E-state index contributed by atoms with van der Waals surface area (Å²) in [6.45, 7) is 0. The number of para-hydroxylation sites is 1. The summed E-state index contributed by atoms with van der Waals surface area (Å²) < 4.78 is 52.3. The molecule has 0 spiro atoms. The fraction of sp³-hybridized carbons (Fsp3) is 0.167. The van der Waals surface area contributed by atoms with Gasteiger partial charge >= 0.3 is 6.18 Å². The lowest BCUT2D eigenvalue weighted by atomic mass is 9.90. The molecule has 2 heterocycles. The van der Waals surface area contributed by atoms with Crippen molar-refractivity contribution in [2.75, 3.05) is 9.96 Å². The average Bonchev–Trinajstić information content (AvgIpc) is 3.31. The molecule has 0 radical (unpaired) electrons. The molecule has 0 aliphatic carbocycles. The van der Waals surface area contributed by atoms with E-state index in [1.165, 1.54) is 29.3 Å². The summed E-state index contributed by atoms with van der Waals surface area (Å²) >= 11 is 0. The van der Waals surface area contributed by atoms with Crippen LogP contribution in [0.15, 0.2) is 78.9 Å². The maximum Gasteiger partial charge on any atom is 0.416 e. The molecule has 0 bridgehead atoms. The predicted molar refractivity (Wildman–Crippen MR) is 110 cm³/mol. The van der Waals surface area contributed by atoms with E-state index in [-0.39, 0.29) is 5.69 Å². The number of carbonyl (C=O) groups is 2. The molecule has 5 nitrogen and oxygen atoms in total. The molecule has 5 rings (SSSR count). The third-order valence-corrected chi connectivity index (χ3v) is 5.79. The average molecular weight is 456 g/mol. The Morgan fingerprint density at radius 2 is 1.39 bits per heavy atom. The van der Waals surface area contributed by atoms with E-state index in [4.69, 9.17) is 4.84 Å². The van der Waals surface area contributed by atoms with E-state index in [1.54, 1.807) is 30.3 Å². The summed E-state index contributed by atoms with van der Waals surface area (Å²) in [7, 11) is 0. The van der Waals surface area contributed by atoms with Crippen LogP contribution < -0.4 is 9.96 Å². The fourth-order valence-electron chi connectivity index (χ4n) is 4.27. The molecule has 33 heavy (non-hydrogen) atoms. The molecular weight excluding hydrogens is 440 g/mol. The van der Waals surface area contributed by atoms with Crippen molar-refractivity contribution < 1.29 is 32.0 Å². The smallest absolute Gasteiger partial charge is 0.273 e. The highest BCUT2D eigenvalue weighted by Gasteiger charge is 2.60. The second kappa shape index (κ2) is 7.70. The van der Waals surface area contributed by atoms with Gasteiger partial charge in [-0.05, 0) is 54.1 Å². The molecule has 0 saturated carbocycles. The van der Waals surface area contributed by atoms with Crippen molar-refractivity contribution in [2.45, 2.75) is 18.3 Å². The van der Waals surface area contributed by atoms with Crippen molar-refractivity contribution in [3.8, 4) is 0 Å². The number of amides is 2. The molecule has 3 aromatic carbocycles. The number of benzene rings is 3. The number of rotatable bonds is 3. The van der Waals surface area contributed by atoms with Gasteiger partial charge < -0.3 is 0 Å². The number of anilines is 2. The Bertz CT molecular complexity index is 1200. The second-order valence-corrected chi connectivity index (χ2v) is 7.77. The summed E-state index contributed by atoms with van der Waals surface area (Å²) in [4.78, 5) is 33.4. The van der Waals surface area contributed by atoms with Crippen LogP contribution in [0.5, 0.6) is 0 Å². The van der Waals surface area contributed by atoms with E-state index in [0.717, 1.165) is 29.2 Å². The first-order valence-corrected chi connectivity index (χ1v) is 10.1. The van der Waals surface area contributed by atoms with Crippen LogP contribution in [0.1, 0.15) is 17.2 Å². The van der Waals surface area contributed by atoms with Crippen LogP contribution in [0.25, 0.3) is 0 Å². The standard InChI is InChI=1S/C24H16F4N2O3/c25-16-10-6-14(7-11-16)20-19-21(33-30(20)18-4-2-1-3-5-18)23(32)29(22(19)31)17-12-8-15(9-13-17)24(26,27)28/h1-13,19-21H/t19-,20-,21+/m0/s1. The SMILES string of the molecule is O=C1[C@@H]2[C@@H](ON(c3ccccc3)[C@H]2c2ccc(F)cc2)C(=O)N1c1ccc(C(F)(F)F)cc1. The van der Waals surface area contributed by atoms with Gasteiger partial charge in [-0.25, -0.2) is 14.4 Å². The van der Waals surface area contributed by atoms with Crippen molar-refractivity contribution in [1.82, 2.24) is 0 Å². The van der Waals surface area contributed by atoms with Crippen LogP contribution in [0.3, 0.4) is 0 Å². The summed E-state index contributed by atoms with van der Waals surface area (Å²) in [6.07, 6.45) is -5.71. The van der Waals surface area contributed by atoms with Crippen LogP contribution in [0.4, 0.5) is 28.9 Å². The molecule has 9 heteroatoms. The highest BCUT2D eigenvalue weighted by Crippen LogP contribution is 2.47. The predicted octanol–water partition coefficient (Wildman–Crippen LogP) is 4.90. The van der Waals surface area contributed by atoms with Gasteiger partial charge in [0.2, 0.25) is 5.91 Å². The molecular formula is C24H16F4N2O3. The van der Waals surface area contributed by atoms with E-state index >= 15 is 0 Å². The molecule has 3 atom stereocenters. The van der Waals surface area contributed by atoms with Gasteiger partial charge in [-0.1, -0.05) is 30.3 Å². The van der Waals surface area contributed by atoms with Gasteiger partial charge in [-0.2, -0.15) is 13.2 Å². The largest absolute Gasteiger partial charge is 0.416 e. The van der Waals surface area contributed by atoms with Crippen molar-refractivity contribution in [3.63, 3.8) is 0 Å². The van der Waals surface area contributed by atoms with E-state index in [0.29, 0.717) is 11.3 Å². The summed E-state index contributed by atoms with van der Waals surface area (Å²) in [5, 5.41) is 1.46. The Kier molecular flexibility index (Phi) is 4.93. The zero-order chi connectivity index (χ0) is 23.3. The number of halogens is 4. The van der Waals surface area contributed by atoms with Gasteiger partial charge in [0, 0.05) is 0 Å². The maximum atomic E-state index is 13.5. The van der Waals surface area contributed by atoms with Crippen molar-refractivity contribution in [2.24, 2.45) is 5.92 Å². The first-order chi connectivity index (χ1) is 15.8. The van der Waals surface area contributed by atoms with Gasteiger partial charge in [0.05, 0.1) is 23.0 Å². The van der Waals surface area contributed by atoms with Crippen LogP contribution in [0, 0.1) is 11.7 Å². The van der Waals surface area contributed by atoms with Gasteiger partial charge in [-0.15, -0.1) is 0 Å². The van der Waals surface area contributed by atoms with E-state index in [1.807, 2.05) is 0 Å². The van der Waals surface area contributed by atoms with Crippen LogP contribution in [-0.4, -0.2) is 17.9 Å². The van der Waals surface area contributed by atoms with Crippen LogP contribution in [0.2, 0.25) is 0 Å². The lowest BCUT2D eigenvalue weighted by Crippen LogP contribution is -2.37. The van der Waals surface area contributed by atoms with Crippen LogP contribution >= 0.6 is 0 Å². The molecule has 2 aliphatic heterocycles. The maximum absolute atomic E-state index is 13.5. The van der Waals surface area contributed by atoms with Gasteiger partial charge in [0.25, 0.3) is 5.91 Å². The minimum Gasteiger partial charge on any atom is -0.273 e. The zero-order valence-electron chi connectivity index (χ0n) is 16.9. The molecule has 2 saturated heterocycles. The van der Waals surface area contributed by atoms with Crippen molar-refractivity contribution in [1.29, 1.82) is 0 Å². The Labute approximate surface area is 185 Å². The number of imide groups is 1. The van der Waals surface area contributed by atoms with E-state index in [9.17, 15) is 27.2 Å². The summed E-state index contributed by atoms with van der Waals surface area (Å²) in [5.41, 5.74) is 0.299. The fourth-order valence-corrected chi connectivity index (χ4v) is 4.27. The quantitative estimate of drug-likeness (QED) is 0.416. The molecule has 0 aromatic heterocycles. The highest BCUT2D eigenvalue weighted by molar-refractivity contribution is 6.23. The lowest BCUT2D eigenvalue weighted by Gasteiger charge is -2.28. The second-order valence-electron chi connectivity index (χ2n) is 7.77. The molecule has 0 N–H and O–H groups in total. The lowest BCUT2D eigenvalue weighted by molar-refractivity contribution is -0.137. The summed E-state index contributed by atoms with van der Waals surface area (Å²) in [5.74, 6) is -2.70. The number of nitrogens with zero attached hydrogens (tertiary/aromatic N) is 2. The number of alkyl halides is 3. The topological polar surface area (TPSA) is 49.9 Å². The number of carbonyl (C=O) groups excluding carboxylic acids is 2. The first-order valence-electron chi connectivity index (χ1n) is 10.1. The van der Waals surface area contributed by atoms with Crippen molar-refractivity contribution in [3.05, 3.63) is 95.8 Å². The number of hydroxylamine groups is 1. The first kappa shape index (κ1) is 21.1. The summed E-state index contributed by atoms with van der Waals surface area (Å²) in [6, 6.07) is 17.4. The third-order valence-electron chi connectivity index (χ3n) is 5.79. The third kappa shape index (κ3) is 3.54. The minimum atomic E-state index is -4.54. The normalized spacial score (nSPS) is 22.7. The monoisotopic (exact) mass is 456 g/mol. The number of hydrogen-bond acceptors (Lipinski definition) is 4. The van der Waals surface area contributed by atoms with E-state index in [2.05, 4.69) is 0 Å². The Balaban J connectivity index is 1.53. The number of fused-ring (bicyclic) bond motifs is 1. The van der Waals surface area contributed by atoms with Crippen LogP contribution in [-0.2, 0) is 20.6 Å². The molecule has 0 unspecified atom stereocenters. The van der Waals surface area contributed by atoms with Gasteiger partial charge in [-0.3, -0.25) is 14.4 Å². The molecule has 2 fully saturated rings. The minimum absolute atomic E-state index is 0.0279. The van der Waals surface area contributed by atoms with E-state index < -0.39 is 47.4 Å².